The van der Waals surface area contributed by atoms with Crippen molar-refractivity contribution in [1.82, 2.24) is 5.32 Å². The fourth-order valence-electron chi connectivity index (χ4n) is 3.46. The van der Waals surface area contributed by atoms with Crippen molar-refractivity contribution in [1.29, 1.82) is 0 Å². The normalized spacial score (nSPS) is 25.5. The van der Waals surface area contributed by atoms with Crippen molar-refractivity contribution in [3.63, 3.8) is 0 Å². The molecule has 1 aromatic carbocycles. The number of hydrogen-bond donors (Lipinski definition) is 2. The highest BCUT2D eigenvalue weighted by Crippen LogP contribution is 2.47. The molecule has 128 valence electrons. The molecule has 2 N–H and O–H groups in total. The molecule has 0 saturated heterocycles. The summed E-state index contributed by atoms with van der Waals surface area (Å²) in [6, 6.07) is 5.22. The number of carbonyl (C=O) groups excluding carboxylic acids is 2. The van der Waals surface area contributed by atoms with E-state index in [4.69, 9.17) is 9.47 Å². The Balaban J connectivity index is 1.36. The zero-order valence-electron chi connectivity index (χ0n) is 13.8. The maximum absolute atomic E-state index is 12.0. The Morgan fingerprint density at radius 3 is 2.58 bits per heavy atom. The van der Waals surface area contributed by atoms with E-state index in [9.17, 15) is 9.59 Å². The minimum atomic E-state index is -0.655. The minimum Gasteiger partial charge on any atom is -0.448 e. The molecule has 0 radical (unpaired) electrons. The molecule has 2 amide bonds. The molecule has 1 heterocycles. The number of carbonyl (C=O) groups is 2. The molecule has 0 aromatic heterocycles. The first kappa shape index (κ1) is 15.3. The minimum absolute atomic E-state index is 0.509. The molecule has 2 fully saturated rings. The Hall–Kier alpha value is -2.24. The third kappa shape index (κ3) is 2.92. The molecule has 6 heteroatoms. The first-order chi connectivity index (χ1) is 11.5. The number of benzene rings is 1. The van der Waals surface area contributed by atoms with Crippen LogP contribution in [0, 0.1) is 11.8 Å². The van der Waals surface area contributed by atoms with E-state index in [1.54, 1.807) is 18.2 Å². The van der Waals surface area contributed by atoms with Crippen LogP contribution in [0.4, 0.5) is 5.69 Å². The van der Waals surface area contributed by atoms with E-state index in [-0.39, 0.29) is 0 Å². The molecular formula is C18H22N2O4. The van der Waals surface area contributed by atoms with Gasteiger partial charge in [-0.15, -0.1) is 0 Å². The molecule has 1 aromatic rings. The van der Waals surface area contributed by atoms with Crippen LogP contribution in [-0.2, 0) is 9.59 Å². The zero-order valence-corrected chi connectivity index (χ0v) is 13.8. The van der Waals surface area contributed by atoms with Crippen LogP contribution in [0.2, 0.25) is 0 Å². The number of hydrogen-bond acceptors (Lipinski definition) is 4. The molecular weight excluding hydrogens is 308 g/mol. The summed E-state index contributed by atoms with van der Waals surface area (Å²) in [5.74, 6) is 0.698. The average molecular weight is 330 g/mol. The van der Waals surface area contributed by atoms with Gasteiger partial charge in [0.05, 0.1) is 0 Å². The van der Waals surface area contributed by atoms with Gasteiger partial charge >= 0.3 is 11.8 Å². The van der Waals surface area contributed by atoms with E-state index in [0.29, 0.717) is 35.6 Å². The van der Waals surface area contributed by atoms with Crippen molar-refractivity contribution in [3.05, 3.63) is 18.2 Å². The molecule has 6 nitrogen and oxygen atoms in total. The number of nitrogens with one attached hydrogen (secondary N) is 2. The van der Waals surface area contributed by atoms with Gasteiger partial charge in [-0.3, -0.25) is 9.59 Å². The van der Waals surface area contributed by atoms with E-state index in [0.717, 1.165) is 32.1 Å². The second kappa shape index (κ2) is 5.69. The van der Waals surface area contributed by atoms with E-state index in [1.165, 1.54) is 0 Å². The zero-order chi connectivity index (χ0) is 16.7. The lowest BCUT2D eigenvalue weighted by atomic mass is 10.2. The summed E-state index contributed by atoms with van der Waals surface area (Å²) in [7, 11) is 0. The van der Waals surface area contributed by atoms with Crippen molar-refractivity contribution in [3.8, 4) is 11.5 Å². The molecule has 0 bridgehead atoms. The SMILES string of the molecule is C[C@H]1C[C@H]1CNC(=O)C(=O)Nc1ccc2c(c1)OC1(CCCC1)O2. The highest BCUT2D eigenvalue weighted by Gasteiger charge is 2.44. The lowest BCUT2D eigenvalue weighted by Crippen LogP contribution is -2.36. The predicted octanol–water partition coefficient (Wildman–Crippen LogP) is 2.44. The van der Waals surface area contributed by atoms with Crippen molar-refractivity contribution >= 4 is 17.5 Å². The van der Waals surface area contributed by atoms with Gasteiger partial charge in [0.2, 0.25) is 0 Å². The summed E-state index contributed by atoms with van der Waals surface area (Å²) in [4.78, 5) is 23.8. The van der Waals surface area contributed by atoms with Gasteiger partial charge in [0.1, 0.15) is 0 Å². The van der Waals surface area contributed by atoms with Crippen LogP contribution in [0.15, 0.2) is 18.2 Å². The molecule has 1 spiro atoms. The van der Waals surface area contributed by atoms with E-state index in [1.807, 2.05) is 0 Å². The van der Waals surface area contributed by atoms with Gasteiger partial charge in [0, 0.05) is 31.1 Å². The monoisotopic (exact) mass is 330 g/mol. The summed E-state index contributed by atoms with van der Waals surface area (Å²) < 4.78 is 11.9. The van der Waals surface area contributed by atoms with Crippen LogP contribution in [0.3, 0.4) is 0 Å². The summed E-state index contributed by atoms with van der Waals surface area (Å²) >= 11 is 0. The molecule has 2 atom stereocenters. The lowest BCUT2D eigenvalue weighted by molar-refractivity contribution is -0.136. The van der Waals surface area contributed by atoms with Crippen LogP contribution < -0.4 is 20.1 Å². The Bertz CT molecular complexity index is 682. The first-order valence-electron chi connectivity index (χ1n) is 8.66. The third-order valence-electron chi connectivity index (χ3n) is 5.17. The van der Waals surface area contributed by atoms with Gasteiger partial charge in [0.25, 0.3) is 5.79 Å². The highest BCUT2D eigenvalue weighted by molar-refractivity contribution is 6.39. The fourth-order valence-corrected chi connectivity index (χ4v) is 3.46. The van der Waals surface area contributed by atoms with Gasteiger partial charge in [-0.2, -0.15) is 0 Å². The second-order valence-corrected chi connectivity index (χ2v) is 7.12. The van der Waals surface area contributed by atoms with Gasteiger partial charge in [0.15, 0.2) is 11.5 Å². The Morgan fingerprint density at radius 2 is 1.88 bits per heavy atom. The smallest absolute Gasteiger partial charge is 0.313 e. The molecule has 0 unspecified atom stereocenters. The topological polar surface area (TPSA) is 76.7 Å². The van der Waals surface area contributed by atoms with Crippen LogP contribution in [0.1, 0.15) is 39.0 Å². The Labute approximate surface area is 140 Å². The summed E-state index contributed by atoms with van der Waals surface area (Å²) in [5.41, 5.74) is 0.535. The van der Waals surface area contributed by atoms with Crippen molar-refractivity contribution in [2.24, 2.45) is 11.8 Å². The van der Waals surface area contributed by atoms with Gasteiger partial charge in [-0.25, -0.2) is 0 Å². The third-order valence-corrected chi connectivity index (χ3v) is 5.17. The molecule has 24 heavy (non-hydrogen) atoms. The van der Waals surface area contributed by atoms with E-state index >= 15 is 0 Å². The van der Waals surface area contributed by atoms with Crippen LogP contribution in [0.5, 0.6) is 11.5 Å². The second-order valence-electron chi connectivity index (χ2n) is 7.12. The fraction of sp³-hybridized carbons (Fsp3) is 0.556. The standard InChI is InChI=1S/C18H22N2O4/c1-11-8-12(11)10-19-16(21)17(22)20-13-4-5-14-15(9-13)24-18(23-14)6-2-3-7-18/h4-5,9,11-12H,2-3,6-8,10H2,1H3,(H,19,21)(H,20,22)/t11-,12-/m0/s1. The largest absolute Gasteiger partial charge is 0.448 e. The summed E-state index contributed by atoms with van der Waals surface area (Å²) in [5, 5.41) is 5.30. The number of rotatable bonds is 3. The van der Waals surface area contributed by atoms with Crippen LogP contribution in [0.25, 0.3) is 0 Å². The lowest BCUT2D eigenvalue weighted by Gasteiger charge is -2.21. The van der Waals surface area contributed by atoms with Crippen molar-refractivity contribution in [2.45, 2.75) is 44.8 Å². The number of amides is 2. The predicted molar refractivity (Wildman–Crippen MR) is 87.8 cm³/mol. The summed E-state index contributed by atoms with van der Waals surface area (Å²) in [6.45, 7) is 2.71. The maximum Gasteiger partial charge on any atom is 0.313 e. The number of fused-ring (bicyclic) bond motifs is 1. The highest BCUT2D eigenvalue weighted by atomic mass is 16.7. The average Bonchev–Trinajstić information content (AvgIpc) is 2.97. The quantitative estimate of drug-likeness (QED) is 0.835. The maximum atomic E-state index is 12.0. The Morgan fingerprint density at radius 1 is 1.17 bits per heavy atom. The van der Waals surface area contributed by atoms with E-state index in [2.05, 4.69) is 17.6 Å². The molecule has 1 aliphatic heterocycles. The van der Waals surface area contributed by atoms with Gasteiger partial charge in [-0.05, 0) is 43.2 Å². The summed E-state index contributed by atoms with van der Waals surface area (Å²) in [6.07, 6.45) is 5.07. The molecule has 3 aliphatic rings. The van der Waals surface area contributed by atoms with Crippen molar-refractivity contribution < 1.29 is 19.1 Å². The Kier molecular flexibility index (Phi) is 3.62. The van der Waals surface area contributed by atoms with Gasteiger partial charge < -0.3 is 20.1 Å². The van der Waals surface area contributed by atoms with Crippen molar-refractivity contribution in [2.75, 3.05) is 11.9 Å². The first-order valence-corrected chi connectivity index (χ1v) is 8.66. The van der Waals surface area contributed by atoms with Gasteiger partial charge in [-0.1, -0.05) is 6.92 Å². The molecule has 4 rings (SSSR count). The van der Waals surface area contributed by atoms with Crippen LogP contribution in [-0.4, -0.2) is 24.1 Å². The number of ether oxygens (including phenoxy) is 2. The van der Waals surface area contributed by atoms with Crippen LogP contribution >= 0.6 is 0 Å². The van der Waals surface area contributed by atoms with E-state index < -0.39 is 17.6 Å². The number of anilines is 1. The molecule has 2 saturated carbocycles. The molecule has 2 aliphatic carbocycles.